The van der Waals surface area contributed by atoms with Crippen LogP contribution in [-0.4, -0.2) is 16.5 Å². The molecule has 0 spiro atoms. The highest BCUT2D eigenvalue weighted by Gasteiger charge is 2.24. The third kappa shape index (κ3) is 1.99. The molecule has 0 bridgehead atoms. The van der Waals surface area contributed by atoms with Crippen molar-refractivity contribution < 1.29 is 13.5 Å². The first-order valence-corrected chi connectivity index (χ1v) is 6.55. The second kappa shape index (κ2) is 4.44. The number of rotatable bonds is 1. The van der Waals surface area contributed by atoms with Gasteiger partial charge >= 0.3 is 0 Å². The number of hydrogen-bond acceptors (Lipinski definition) is 3. The Hall–Kier alpha value is -2.63. The number of anilines is 1. The third-order valence-corrected chi connectivity index (χ3v) is 3.46. The van der Waals surface area contributed by atoms with E-state index in [1.54, 1.807) is 0 Å². The van der Waals surface area contributed by atoms with Crippen LogP contribution in [0.2, 0.25) is 0 Å². The number of para-hydroxylation sites is 2. The molecule has 2 heterocycles. The Morgan fingerprint density at radius 1 is 1.19 bits per heavy atom. The van der Waals surface area contributed by atoms with E-state index < -0.39 is 11.6 Å². The molecule has 0 radical (unpaired) electrons. The summed E-state index contributed by atoms with van der Waals surface area (Å²) in [6, 6.07) is 9.59. The minimum absolute atomic E-state index is 0.119. The summed E-state index contributed by atoms with van der Waals surface area (Å²) in [5.41, 5.74) is 1.35. The zero-order chi connectivity index (χ0) is 14.4. The van der Waals surface area contributed by atoms with E-state index in [9.17, 15) is 8.78 Å². The molecule has 2 N–H and O–H groups in total. The van der Waals surface area contributed by atoms with Gasteiger partial charge in [0.05, 0.1) is 17.7 Å². The van der Waals surface area contributed by atoms with Crippen LogP contribution in [0.15, 0.2) is 36.4 Å². The molecule has 0 fully saturated rings. The Balaban J connectivity index is 1.73. The molecule has 0 amide bonds. The van der Waals surface area contributed by atoms with E-state index in [4.69, 9.17) is 4.74 Å². The molecule has 2 aromatic carbocycles. The van der Waals surface area contributed by atoms with Gasteiger partial charge in [0.1, 0.15) is 17.1 Å². The minimum Gasteiger partial charge on any atom is -0.478 e. The van der Waals surface area contributed by atoms with Crippen molar-refractivity contribution in [1.29, 1.82) is 0 Å². The van der Waals surface area contributed by atoms with Crippen molar-refractivity contribution in [3.63, 3.8) is 0 Å². The SMILES string of the molecule is Fc1cc(F)c2nc(C3CNc4ccccc4O3)[nH]c2c1. The Bertz CT molecular complexity index is 831. The first-order chi connectivity index (χ1) is 10.2. The zero-order valence-electron chi connectivity index (χ0n) is 10.9. The largest absolute Gasteiger partial charge is 0.478 e. The number of nitrogens with one attached hydrogen (secondary N) is 2. The van der Waals surface area contributed by atoms with Gasteiger partial charge in [0.25, 0.3) is 0 Å². The van der Waals surface area contributed by atoms with Crippen molar-refractivity contribution >= 4 is 16.7 Å². The van der Waals surface area contributed by atoms with Gasteiger partial charge < -0.3 is 15.0 Å². The lowest BCUT2D eigenvalue weighted by atomic mass is 10.2. The molecule has 0 aliphatic carbocycles. The van der Waals surface area contributed by atoms with Gasteiger partial charge in [-0.2, -0.15) is 0 Å². The maximum Gasteiger partial charge on any atom is 0.173 e. The Morgan fingerprint density at radius 2 is 2.05 bits per heavy atom. The molecule has 21 heavy (non-hydrogen) atoms. The second-order valence-corrected chi connectivity index (χ2v) is 4.89. The third-order valence-electron chi connectivity index (χ3n) is 3.46. The van der Waals surface area contributed by atoms with Gasteiger partial charge in [0, 0.05) is 6.07 Å². The lowest BCUT2D eigenvalue weighted by molar-refractivity contribution is 0.202. The predicted molar refractivity (Wildman–Crippen MR) is 74.3 cm³/mol. The number of fused-ring (bicyclic) bond motifs is 2. The number of hydrogen-bond donors (Lipinski definition) is 2. The van der Waals surface area contributed by atoms with Crippen LogP contribution < -0.4 is 10.1 Å². The number of H-pyrrole nitrogens is 1. The smallest absolute Gasteiger partial charge is 0.173 e. The average Bonchev–Trinajstić information content (AvgIpc) is 2.91. The average molecular weight is 287 g/mol. The molecule has 1 aliphatic rings. The summed E-state index contributed by atoms with van der Waals surface area (Å²) < 4.78 is 32.7. The quantitative estimate of drug-likeness (QED) is 0.721. The molecule has 1 atom stereocenters. The molecule has 4 rings (SSSR count). The van der Waals surface area contributed by atoms with Crippen LogP contribution in [0.1, 0.15) is 11.9 Å². The van der Waals surface area contributed by atoms with Gasteiger partial charge in [-0.25, -0.2) is 13.8 Å². The highest BCUT2D eigenvalue weighted by molar-refractivity contribution is 5.76. The van der Waals surface area contributed by atoms with Crippen LogP contribution in [0.4, 0.5) is 14.5 Å². The second-order valence-electron chi connectivity index (χ2n) is 4.89. The Labute approximate surface area is 118 Å². The van der Waals surface area contributed by atoms with Crippen molar-refractivity contribution in [3.05, 3.63) is 53.9 Å². The fraction of sp³-hybridized carbons (Fsp3) is 0.133. The normalized spacial score (nSPS) is 17.1. The minimum atomic E-state index is -0.684. The molecule has 0 saturated carbocycles. The lowest BCUT2D eigenvalue weighted by Gasteiger charge is -2.25. The monoisotopic (exact) mass is 287 g/mol. The number of aromatic nitrogens is 2. The number of benzene rings is 2. The van der Waals surface area contributed by atoms with E-state index in [-0.39, 0.29) is 11.6 Å². The maximum absolute atomic E-state index is 13.7. The van der Waals surface area contributed by atoms with E-state index in [1.807, 2.05) is 24.3 Å². The summed E-state index contributed by atoms with van der Waals surface area (Å²) in [6.07, 6.45) is -0.380. The molecule has 3 aromatic rings. The van der Waals surface area contributed by atoms with Crippen LogP contribution in [0, 0.1) is 11.6 Å². The van der Waals surface area contributed by atoms with Crippen LogP contribution in [0.5, 0.6) is 5.75 Å². The van der Waals surface area contributed by atoms with Crippen molar-refractivity contribution in [2.45, 2.75) is 6.10 Å². The Kier molecular flexibility index (Phi) is 2.57. The van der Waals surface area contributed by atoms with Crippen LogP contribution >= 0.6 is 0 Å². The fourth-order valence-electron chi connectivity index (χ4n) is 2.48. The van der Waals surface area contributed by atoms with Gasteiger partial charge in [-0.15, -0.1) is 0 Å². The number of halogens is 2. The molecule has 0 saturated heterocycles. The summed E-state index contributed by atoms with van der Waals surface area (Å²) in [6.45, 7) is 0.501. The summed E-state index contributed by atoms with van der Waals surface area (Å²) in [5, 5.41) is 3.23. The molecule has 1 aliphatic heterocycles. The standard InChI is InChI=1S/C15H11F2N3O/c16-8-5-9(17)14-11(6-8)19-15(20-14)13-7-18-10-3-1-2-4-12(10)21-13/h1-6,13,18H,7H2,(H,19,20). The van der Waals surface area contributed by atoms with Gasteiger partial charge in [0.15, 0.2) is 17.7 Å². The number of aromatic amines is 1. The number of ether oxygens (including phenoxy) is 1. The highest BCUT2D eigenvalue weighted by atomic mass is 19.1. The predicted octanol–water partition coefficient (Wildman–Crippen LogP) is 3.39. The summed E-state index contributed by atoms with van der Waals surface area (Å²) in [5.74, 6) is -0.141. The van der Waals surface area contributed by atoms with E-state index in [1.165, 1.54) is 6.07 Å². The maximum atomic E-state index is 13.7. The molecule has 1 aromatic heterocycles. The molecule has 6 heteroatoms. The topological polar surface area (TPSA) is 49.9 Å². The van der Waals surface area contributed by atoms with E-state index >= 15 is 0 Å². The first kappa shape index (κ1) is 12.1. The van der Waals surface area contributed by atoms with Gasteiger partial charge in [-0.1, -0.05) is 12.1 Å². The van der Waals surface area contributed by atoms with Crippen molar-refractivity contribution in [3.8, 4) is 5.75 Å². The number of imidazole rings is 1. The summed E-state index contributed by atoms with van der Waals surface area (Å²) in [7, 11) is 0. The van der Waals surface area contributed by atoms with Crippen molar-refractivity contribution in [1.82, 2.24) is 9.97 Å². The van der Waals surface area contributed by atoms with Gasteiger partial charge in [-0.3, -0.25) is 0 Å². The summed E-state index contributed by atoms with van der Waals surface area (Å²) in [4.78, 5) is 7.11. The molecule has 1 unspecified atom stereocenters. The summed E-state index contributed by atoms with van der Waals surface area (Å²) >= 11 is 0. The number of nitrogens with zero attached hydrogens (tertiary/aromatic N) is 1. The van der Waals surface area contributed by atoms with Crippen LogP contribution in [0.25, 0.3) is 11.0 Å². The van der Waals surface area contributed by atoms with E-state index in [2.05, 4.69) is 15.3 Å². The van der Waals surface area contributed by atoms with Crippen molar-refractivity contribution in [2.75, 3.05) is 11.9 Å². The molecular formula is C15H11F2N3O. The molecular weight excluding hydrogens is 276 g/mol. The Morgan fingerprint density at radius 3 is 2.95 bits per heavy atom. The molecule has 106 valence electrons. The van der Waals surface area contributed by atoms with Crippen LogP contribution in [-0.2, 0) is 0 Å². The van der Waals surface area contributed by atoms with Crippen LogP contribution in [0.3, 0.4) is 0 Å². The van der Waals surface area contributed by atoms with E-state index in [0.717, 1.165) is 11.8 Å². The first-order valence-electron chi connectivity index (χ1n) is 6.55. The van der Waals surface area contributed by atoms with Gasteiger partial charge in [-0.05, 0) is 18.2 Å². The zero-order valence-corrected chi connectivity index (χ0v) is 10.9. The van der Waals surface area contributed by atoms with Crippen molar-refractivity contribution in [2.24, 2.45) is 0 Å². The fourth-order valence-corrected chi connectivity index (χ4v) is 2.48. The van der Waals surface area contributed by atoms with Gasteiger partial charge in [0.2, 0.25) is 0 Å². The molecule has 4 nitrogen and oxygen atoms in total. The van der Waals surface area contributed by atoms with E-state index in [0.29, 0.717) is 23.6 Å². The lowest BCUT2D eigenvalue weighted by Crippen LogP contribution is -2.24. The highest BCUT2D eigenvalue weighted by Crippen LogP contribution is 2.33.